The lowest BCUT2D eigenvalue weighted by molar-refractivity contribution is 0.0984. The number of methoxy groups -OCH3 is 2. The number of thiazole rings is 1. The summed E-state index contributed by atoms with van der Waals surface area (Å²) in [7, 11) is 3.14. The number of nitrogens with zero attached hydrogens (tertiary/aromatic N) is 2. The van der Waals surface area contributed by atoms with Crippen molar-refractivity contribution in [2.45, 2.75) is 11.4 Å². The molecule has 1 heterocycles. The van der Waals surface area contributed by atoms with E-state index in [9.17, 15) is 4.79 Å². The van der Waals surface area contributed by atoms with Gasteiger partial charge in [0, 0.05) is 10.5 Å². The zero-order chi connectivity index (χ0) is 21.8. The normalized spacial score (nSPS) is 10.8. The van der Waals surface area contributed by atoms with Gasteiger partial charge in [-0.2, -0.15) is 0 Å². The van der Waals surface area contributed by atoms with Gasteiger partial charge < -0.3 is 9.47 Å². The Morgan fingerprint density at radius 3 is 2.48 bits per heavy atom. The number of fused-ring (bicyclic) bond motifs is 1. The van der Waals surface area contributed by atoms with Gasteiger partial charge in [-0.15, -0.1) is 11.8 Å². The van der Waals surface area contributed by atoms with Crippen LogP contribution in [0.3, 0.4) is 0 Å². The molecule has 0 fully saturated rings. The second-order valence-corrected chi connectivity index (χ2v) is 8.61. The maximum absolute atomic E-state index is 13.6. The molecule has 0 aliphatic heterocycles. The molecule has 0 N–H and O–H groups in total. The van der Waals surface area contributed by atoms with Crippen LogP contribution in [-0.2, 0) is 6.54 Å². The summed E-state index contributed by atoms with van der Waals surface area (Å²) in [6.07, 6.45) is 2.03. The highest BCUT2D eigenvalue weighted by Crippen LogP contribution is 2.36. The van der Waals surface area contributed by atoms with Gasteiger partial charge in [0.25, 0.3) is 5.91 Å². The zero-order valence-electron chi connectivity index (χ0n) is 17.5. The third kappa shape index (κ3) is 4.38. The average Bonchev–Trinajstić information content (AvgIpc) is 3.26. The molecule has 31 heavy (non-hydrogen) atoms. The second kappa shape index (κ2) is 9.41. The Balaban J connectivity index is 1.79. The first-order chi connectivity index (χ1) is 15.1. The molecule has 0 saturated heterocycles. The van der Waals surface area contributed by atoms with Crippen LogP contribution in [0.25, 0.3) is 10.2 Å². The minimum Gasteiger partial charge on any atom is -0.493 e. The van der Waals surface area contributed by atoms with E-state index < -0.39 is 0 Å². The van der Waals surface area contributed by atoms with Crippen LogP contribution < -0.4 is 14.4 Å². The monoisotopic (exact) mass is 450 g/mol. The highest BCUT2D eigenvalue weighted by molar-refractivity contribution is 7.98. The van der Waals surface area contributed by atoms with Crippen molar-refractivity contribution in [1.29, 1.82) is 0 Å². The smallest absolute Gasteiger partial charge is 0.260 e. The highest BCUT2D eigenvalue weighted by Gasteiger charge is 2.23. The van der Waals surface area contributed by atoms with Gasteiger partial charge in [-0.3, -0.25) is 9.69 Å². The summed E-state index contributed by atoms with van der Waals surface area (Å²) >= 11 is 3.17. The molecule has 0 atom stereocenters. The predicted molar refractivity (Wildman–Crippen MR) is 128 cm³/mol. The van der Waals surface area contributed by atoms with E-state index in [-0.39, 0.29) is 5.91 Å². The van der Waals surface area contributed by atoms with Crippen molar-refractivity contribution in [2.75, 3.05) is 25.4 Å². The standard InChI is InChI=1S/C24H22N2O3S2/c1-28-18-13-12-17(14-19(18)29-2)23(27)26(15-16-8-5-4-6-9-16)24-25-22-20(30-3)10-7-11-21(22)31-24/h4-14H,15H2,1-3H3. The van der Waals surface area contributed by atoms with Gasteiger partial charge in [0.1, 0.15) is 0 Å². The number of benzene rings is 3. The van der Waals surface area contributed by atoms with E-state index in [1.54, 1.807) is 49.1 Å². The van der Waals surface area contributed by atoms with Crippen molar-refractivity contribution in [1.82, 2.24) is 4.98 Å². The fourth-order valence-electron chi connectivity index (χ4n) is 3.31. The number of ether oxygens (including phenoxy) is 2. The first-order valence-electron chi connectivity index (χ1n) is 9.66. The molecule has 0 bridgehead atoms. The molecule has 3 aromatic carbocycles. The maximum Gasteiger partial charge on any atom is 0.260 e. The summed E-state index contributed by atoms with van der Waals surface area (Å²) in [5.41, 5.74) is 2.46. The number of para-hydroxylation sites is 1. The third-order valence-electron chi connectivity index (χ3n) is 4.88. The molecule has 1 aromatic heterocycles. The largest absolute Gasteiger partial charge is 0.493 e. The Hall–Kier alpha value is -3.03. The van der Waals surface area contributed by atoms with E-state index >= 15 is 0 Å². The van der Waals surface area contributed by atoms with Gasteiger partial charge >= 0.3 is 0 Å². The van der Waals surface area contributed by atoms with Crippen molar-refractivity contribution >= 4 is 44.4 Å². The molecule has 0 spiro atoms. The summed E-state index contributed by atoms with van der Waals surface area (Å²) in [4.78, 5) is 21.3. The van der Waals surface area contributed by atoms with Gasteiger partial charge in [-0.1, -0.05) is 47.7 Å². The molecule has 158 valence electrons. The van der Waals surface area contributed by atoms with Crippen LogP contribution in [0.1, 0.15) is 15.9 Å². The molecule has 4 rings (SSSR count). The van der Waals surface area contributed by atoms with E-state index in [0.29, 0.717) is 28.7 Å². The van der Waals surface area contributed by atoms with E-state index in [1.807, 2.05) is 54.8 Å². The molecule has 0 unspecified atom stereocenters. The lowest BCUT2D eigenvalue weighted by Gasteiger charge is -2.21. The van der Waals surface area contributed by atoms with Crippen LogP contribution in [0.5, 0.6) is 11.5 Å². The highest BCUT2D eigenvalue weighted by atomic mass is 32.2. The topological polar surface area (TPSA) is 51.7 Å². The van der Waals surface area contributed by atoms with Crippen molar-refractivity contribution < 1.29 is 14.3 Å². The number of anilines is 1. The molecule has 4 aromatic rings. The SMILES string of the molecule is COc1ccc(C(=O)N(Cc2ccccc2)c2nc3c(SC)cccc3s2)cc1OC. The molecule has 1 amide bonds. The van der Waals surface area contributed by atoms with Crippen LogP contribution >= 0.6 is 23.1 Å². The summed E-state index contributed by atoms with van der Waals surface area (Å²) in [5, 5.41) is 0.667. The summed E-state index contributed by atoms with van der Waals surface area (Å²) < 4.78 is 11.8. The maximum atomic E-state index is 13.6. The molecule has 7 heteroatoms. The van der Waals surface area contributed by atoms with Crippen LogP contribution in [0.15, 0.2) is 71.6 Å². The van der Waals surface area contributed by atoms with Crippen molar-refractivity contribution in [2.24, 2.45) is 0 Å². The molecule has 0 saturated carbocycles. The number of thioether (sulfide) groups is 1. The van der Waals surface area contributed by atoms with Crippen molar-refractivity contribution in [3.8, 4) is 11.5 Å². The Morgan fingerprint density at radius 1 is 1.00 bits per heavy atom. The van der Waals surface area contributed by atoms with Crippen LogP contribution in [0, 0.1) is 0 Å². The molecular formula is C24H22N2O3S2. The van der Waals surface area contributed by atoms with Gasteiger partial charge in [0.15, 0.2) is 16.6 Å². The number of rotatable bonds is 7. The number of amides is 1. The van der Waals surface area contributed by atoms with E-state index in [4.69, 9.17) is 14.5 Å². The first-order valence-corrected chi connectivity index (χ1v) is 11.7. The van der Waals surface area contributed by atoms with Crippen molar-refractivity contribution in [3.05, 3.63) is 77.9 Å². The molecule has 0 radical (unpaired) electrons. The minimum atomic E-state index is -0.144. The van der Waals surface area contributed by atoms with Gasteiger partial charge in [0.2, 0.25) is 0 Å². The van der Waals surface area contributed by atoms with Crippen molar-refractivity contribution in [3.63, 3.8) is 0 Å². The fourth-order valence-corrected chi connectivity index (χ4v) is 4.93. The Labute approximate surface area is 189 Å². The number of carbonyl (C=O) groups is 1. The van der Waals surface area contributed by atoms with Crippen LogP contribution in [-0.4, -0.2) is 31.4 Å². The average molecular weight is 451 g/mol. The number of hydrogen-bond donors (Lipinski definition) is 0. The molecule has 0 aliphatic carbocycles. The number of aromatic nitrogens is 1. The number of carbonyl (C=O) groups excluding carboxylic acids is 1. The Bertz CT molecular complexity index is 1210. The Morgan fingerprint density at radius 2 is 1.77 bits per heavy atom. The van der Waals surface area contributed by atoms with E-state index in [1.165, 1.54) is 11.3 Å². The van der Waals surface area contributed by atoms with E-state index in [2.05, 4.69) is 0 Å². The lowest BCUT2D eigenvalue weighted by Crippen LogP contribution is -2.30. The van der Waals surface area contributed by atoms with Gasteiger partial charge in [-0.05, 0) is 42.2 Å². The fraction of sp³-hybridized carbons (Fsp3) is 0.167. The van der Waals surface area contributed by atoms with Gasteiger partial charge in [0.05, 0.1) is 31.0 Å². The second-order valence-electron chi connectivity index (χ2n) is 6.75. The van der Waals surface area contributed by atoms with Crippen LogP contribution in [0.4, 0.5) is 5.13 Å². The van der Waals surface area contributed by atoms with Crippen LogP contribution in [0.2, 0.25) is 0 Å². The summed E-state index contributed by atoms with van der Waals surface area (Å²) in [6, 6.07) is 21.2. The Kier molecular flexibility index (Phi) is 6.44. The summed E-state index contributed by atoms with van der Waals surface area (Å²) in [6.45, 7) is 0.419. The summed E-state index contributed by atoms with van der Waals surface area (Å²) in [5.74, 6) is 0.954. The third-order valence-corrected chi connectivity index (χ3v) is 6.69. The predicted octanol–water partition coefficient (Wildman–Crippen LogP) is 5.88. The zero-order valence-corrected chi connectivity index (χ0v) is 19.1. The molecule has 5 nitrogen and oxygen atoms in total. The first kappa shape index (κ1) is 21.2. The molecular weight excluding hydrogens is 428 g/mol. The van der Waals surface area contributed by atoms with E-state index in [0.717, 1.165) is 20.7 Å². The quantitative estimate of drug-likeness (QED) is 0.329. The lowest BCUT2D eigenvalue weighted by atomic mass is 10.1. The molecule has 0 aliphatic rings. The van der Waals surface area contributed by atoms with Gasteiger partial charge in [-0.25, -0.2) is 4.98 Å². The number of hydrogen-bond acceptors (Lipinski definition) is 6. The minimum absolute atomic E-state index is 0.144.